The fourth-order valence-electron chi connectivity index (χ4n) is 7.31. The number of rotatable bonds is 2. The maximum absolute atomic E-state index is 5.28. The zero-order valence-electron chi connectivity index (χ0n) is 24.1. The molecule has 1 aromatic heterocycles. The summed E-state index contributed by atoms with van der Waals surface area (Å²) in [6.07, 6.45) is 0. The number of hydrogen-bond donors (Lipinski definition) is 0. The molecule has 0 atom stereocenters. The van der Waals surface area contributed by atoms with Crippen LogP contribution in [0.1, 0.15) is 25.0 Å². The van der Waals surface area contributed by atoms with Gasteiger partial charge in [0.15, 0.2) is 0 Å². The lowest BCUT2D eigenvalue weighted by molar-refractivity contribution is 0.660. The third kappa shape index (κ3) is 3.47. The largest absolute Gasteiger partial charge is 0.244 e. The van der Waals surface area contributed by atoms with Crippen LogP contribution in [0.25, 0.3) is 77.0 Å². The van der Waals surface area contributed by atoms with Gasteiger partial charge in [-0.2, -0.15) is 0 Å². The molecule has 1 aliphatic rings. The van der Waals surface area contributed by atoms with Crippen LogP contribution in [0.4, 0.5) is 0 Å². The molecule has 7 aromatic carbocycles. The minimum atomic E-state index is -0.0880. The number of benzene rings is 7. The highest BCUT2D eigenvalue weighted by atomic mass is 14.8. The van der Waals surface area contributed by atoms with E-state index in [1.807, 2.05) is 12.1 Å². The van der Waals surface area contributed by atoms with Gasteiger partial charge in [0, 0.05) is 16.5 Å². The lowest BCUT2D eigenvalue weighted by Crippen LogP contribution is -2.15. The Bertz CT molecular complexity index is 2400. The highest BCUT2D eigenvalue weighted by molar-refractivity contribution is 6.25. The summed E-state index contributed by atoms with van der Waals surface area (Å²) < 4.78 is 0. The highest BCUT2D eigenvalue weighted by Gasteiger charge is 2.35. The topological polar surface area (TPSA) is 25.8 Å². The van der Waals surface area contributed by atoms with Crippen LogP contribution in [-0.4, -0.2) is 9.97 Å². The Morgan fingerprint density at radius 1 is 0.395 bits per heavy atom. The molecule has 0 amide bonds. The fourth-order valence-corrected chi connectivity index (χ4v) is 7.31. The second-order valence-electron chi connectivity index (χ2n) is 12.2. The van der Waals surface area contributed by atoms with Gasteiger partial charge >= 0.3 is 0 Å². The van der Waals surface area contributed by atoms with Crippen LogP contribution in [0.15, 0.2) is 133 Å². The normalized spacial score (nSPS) is 13.5. The van der Waals surface area contributed by atoms with Crippen molar-refractivity contribution in [3.8, 4) is 33.6 Å². The van der Waals surface area contributed by atoms with E-state index < -0.39 is 0 Å². The molecule has 202 valence electrons. The minimum absolute atomic E-state index is 0.0880. The Morgan fingerprint density at radius 3 is 1.51 bits per heavy atom. The predicted octanol–water partition coefficient (Wildman–Crippen LogP) is 10.7. The van der Waals surface area contributed by atoms with E-state index in [1.54, 1.807) is 0 Å². The maximum Gasteiger partial charge on any atom is 0.0973 e. The van der Waals surface area contributed by atoms with Crippen molar-refractivity contribution in [2.45, 2.75) is 19.3 Å². The minimum Gasteiger partial charge on any atom is -0.244 e. The van der Waals surface area contributed by atoms with Gasteiger partial charge in [-0.3, -0.25) is 0 Å². The SMILES string of the molecule is CC1(C)c2ccccc2-c2ccc(-c3nc4ccccc4nc3-c3ccc4c5ccccc5c5ccccc5c4c3)cc21. The van der Waals surface area contributed by atoms with Gasteiger partial charge < -0.3 is 0 Å². The van der Waals surface area contributed by atoms with E-state index >= 15 is 0 Å². The molecule has 9 rings (SSSR count). The van der Waals surface area contributed by atoms with Crippen molar-refractivity contribution in [1.82, 2.24) is 9.97 Å². The molecule has 2 heteroatoms. The molecule has 8 aromatic rings. The monoisotopic (exact) mass is 548 g/mol. The first-order chi connectivity index (χ1) is 21.1. The van der Waals surface area contributed by atoms with E-state index in [1.165, 1.54) is 54.6 Å². The summed E-state index contributed by atoms with van der Waals surface area (Å²) in [4.78, 5) is 10.6. The molecule has 0 radical (unpaired) electrons. The average molecular weight is 549 g/mol. The van der Waals surface area contributed by atoms with Gasteiger partial charge in [-0.25, -0.2) is 9.97 Å². The number of hydrogen-bond acceptors (Lipinski definition) is 2. The molecule has 43 heavy (non-hydrogen) atoms. The van der Waals surface area contributed by atoms with Gasteiger partial charge in [-0.15, -0.1) is 0 Å². The van der Waals surface area contributed by atoms with E-state index in [-0.39, 0.29) is 5.41 Å². The second-order valence-corrected chi connectivity index (χ2v) is 12.2. The van der Waals surface area contributed by atoms with Crippen molar-refractivity contribution >= 4 is 43.4 Å². The van der Waals surface area contributed by atoms with Crippen LogP contribution in [0.2, 0.25) is 0 Å². The number of fused-ring (bicyclic) bond motifs is 10. The average Bonchev–Trinajstić information content (AvgIpc) is 3.30. The summed E-state index contributed by atoms with van der Waals surface area (Å²) in [5, 5.41) is 7.57. The van der Waals surface area contributed by atoms with E-state index in [9.17, 15) is 0 Å². The third-order valence-electron chi connectivity index (χ3n) is 9.45. The molecule has 0 N–H and O–H groups in total. The van der Waals surface area contributed by atoms with Crippen LogP contribution < -0.4 is 0 Å². The highest BCUT2D eigenvalue weighted by Crippen LogP contribution is 2.50. The zero-order chi connectivity index (χ0) is 28.7. The van der Waals surface area contributed by atoms with Crippen LogP contribution in [-0.2, 0) is 5.41 Å². The van der Waals surface area contributed by atoms with Gasteiger partial charge in [0.25, 0.3) is 0 Å². The maximum atomic E-state index is 5.28. The van der Waals surface area contributed by atoms with Crippen LogP contribution in [0.3, 0.4) is 0 Å². The van der Waals surface area contributed by atoms with Gasteiger partial charge in [-0.05, 0) is 78.8 Å². The molecule has 1 heterocycles. The Hall–Kier alpha value is -5.34. The summed E-state index contributed by atoms with van der Waals surface area (Å²) >= 11 is 0. The predicted molar refractivity (Wildman–Crippen MR) is 180 cm³/mol. The van der Waals surface area contributed by atoms with E-state index in [2.05, 4.69) is 135 Å². The smallest absolute Gasteiger partial charge is 0.0973 e. The zero-order valence-corrected chi connectivity index (χ0v) is 24.1. The standard InChI is InChI=1S/C41H28N2/c1-41(2)35-16-8-7-15-32(35)33-22-20-26(24-36(33)41)40-39(42-37-17-9-10-18-38(37)43-40)25-19-21-31-29-13-4-3-11-27(29)28-12-5-6-14-30(28)34(31)23-25/h3-24H,1-2H3. The first-order valence-corrected chi connectivity index (χ1v) is 14.9. The molecule has 0 saturated heterocycles. The molecule has 0 saturated carbocycles. The van der Waals surface area contributed by atoms with Crippen LogP contribution in [0, 0.1) is 0 Å². The van der Waals surface area contributed by atoms with Crippen LogP contribution >= 0.6 is 0 Å². The summed E-state index contributed by atoms with van der Waals surface area (Å²) in [6, 6.07) is 48.1. The van der Waals surface area contributed by atoms with Crippen molar-refractivity contribution in [1.29, 1.82) is 0 Å². The van der Waals surface area contributed by atoms with Gasteiger partial charge in [-0.1, -0.05) is 123 Å². The molecule has 2 nitrogen and oxygen atoms in total. The second kappa shape index (κ2) is 8.83. The summed E-state index contributed by atoms with van der Waals surface area (Å²) in [5.74, 6) is 0. The number of nitrogens with zero attached hydrogens (tertiary/aromatic N) is 2. The molecule has 1 aliphatic carbocycles. The molecule has 0 fully saturated rings. The molecular formula is C41H28N2. The summed E-state index contributed by atoms with van der Waals surface area (Å²) in [5.41, 5.74) is 11.1. The van der Waals surface area contributed by atoms with Crippen molar-refractivity contribution in [3.63, 3.8) is 0 Å². The van der Waals surface area contributed by atoms with Crippen molar-refractivity contribution < 1.29 is 0 Å². The van der Waals surface area contributed by atoms with Gasteiger partial charge in [0.05, 0.1) is 22.4 Å². The Balaban J connectivity index is 1.32. The molecule has 0 aliphatic heterocycles. The van der Waals surface area contributed by atoms with E-state index in [0.717, 1.165) is 33.5 Å². The van der Waals surface area contributed by atoms with Gasteiger partial charge in [0.2, 0.25) is 0 Å². The van der Waals surface area contributed by atoms with E-state index in [0.29, 0.717) is 0 Å². The van der Waals surface area contributed by atoms with Crippen molar-refractivity contribution in [3.05, 3.63) is 145 Å². The molecule has 0 unspecified atom stereocenters. The quantitative estimate of drug-likeness (QED) is 0.201. The molecule has 0 bridgehead atoms. The number of aromatic nitrogens is 2. The Labute approximate surface area is 250 Å². The van der Waals surface area contributed by atoms with Crippen molar-refractivity contribution in [2.75, 3.05) is 0 Å². The van der Waals surface area contributed by atoms with Crippen LogP contribution in [0.5, 0.6) is 0 Å². The molecule has 0 spiro atoms. The summed E-state index contributed by atoms with van der Waals surface area (Å²) in [6.45, 7) is 4.65. The third-order valence-corrected chi connectivity index (χ3v) is 9.45. The van der Waals surface area contributed by atoms with Gasteiger partial charge in [0.1, 0.15) is 0 Å². The lowest BCUT2D eigenvalue weighted by atomic mass is 9.81. The Kier molecular flexibility index (Phi) is 4.99. The first kappa shape index (κ1) is 24.3. The first-order valence-electron chi connectivity index (χ1n) is 14.9. The fraction of sp³-hybridized carbons (Fsp3) is 0.0732. The molecular weight excluding hydrogens is 520 g/mol. The van der Waals surface area contributed by atoms with E-state index in [4.69, 9.17) is 9.97 Å². The summed E-state index contributed by atoms with van der Waals surface area (Å²) in [7, 11) is 0. The number of para-hydroxylation sites is 2. The Morgan fingerprint density at radius 2 is 0.860 bits per heavy atom. The lowest BCUT2D eigenvalue weighted by Gasteiger charge is -2.22. The van der Waals surface area contributed by atoms with Crippen molar-refractivity contribution in [2.24, 2.45) is 0 Å².